The van der Waals surface area contributed by atoms with Crippen LogP contribution >= 0.6 is 0 Å². The topological polar surface area (TPSA) is 69.0 Å². The zero-order chi connectivity index (χ0) is 22.0. The molecule has 4 aromatic rings. The van der Waals surface area contributed by atoms with Crippen LogP contribution in [-0.4, -0.2) is 20.7 Å². The Hall–Kier alpha value is -4.19. The van der Waals surface area contributed by atoms with Crippen LogP contribution in [0.15, 0.2) is 97.5 Å². The van der Waals surface area contributed by atoms with Gasteiger partial charge in [-0.15, -0.1) is 0 Å². The van der Waals surface area contributed by atoms with Crippen LogP contribution in [0.2, 0.25) is 0 Å². The highest BCUT2D eigenvalue weighted by Crippen LogP contribution is 2.15. The predicted octanol–water partition coefficient (Wildman–Crippen LogP) is 4.24. The molecule has 2 aromatic heterocycles. The molecule has 6 nitrogen and oxygen atoms in total. The molecule has 0 radical (unpaired) electrons. The fourth-order valence-electron chi connectivity index (χ4n) is 3.18. The first-order chi connectivity index (χ1) is 15.8. The zero-order valence-electron chi connectivity index (χ0n) is 17.6. The second kappa shape index (κ2) is 10.7. The third kappa shape index (κ3) is 6.15. The fraction of sp³-hybridized carbons (Fsp3) is 0.115. The first kappa shape index (κ1) is 21.1. The van der Waals surface area contributed by atoms with Gasteiger partial charge in [-0.05, 0) is 53.1 Å². The molecule has 0 aliphatic carbocycles. The van der Waals surface area contributed by atoms with Crippen molar-refractivity contribution in [3.8, 4) is 5.75 Å². The number of carbonyl (C=O) groups excluding carboxylic acids is 1. The highest BCUT2D eigenvalue weighted by Gasteiger charge is 2.04. The number of amides is 1. The highest BCUT2D eigenvalue weighted by molar-refractivity contribution is 5.91. The minimum absolute atomic E-state index is 0.144. The number of benzene rings is 2. The van der Waals surface area contributed by atoms with Gasteiger partial charge in [0.2, 0.25) is 5.91 Å². The van der Waals surface area contributed by atoms with Crippen molar-refractivity contribution in [3.05, 3.63) is 120 Å². The van der Waals surface area contributed by atoms with Crippen molar-refractivity contribution in [3.63, 3.8) is 0 Å². The summed E-state index contributed by atoms with van der Waals surface area (Å²) >= 11 is 0. The van der Waals surface area contributed by atoms with Crippen molar-refractivity contribution in [1.29, 1.82) is 0 Å². The Morgan fingerprint density at radius 1 is 0.938 bits per heavy atom. The van der Waals surface area contributed by atoms with E-state index >= 15 is 0 Å². The molecule has 1 N–H and O–H groups in total. The third-order valence-electron chi connectivity index (χ3n) is 4.88. The average molecular weight is 425 g/mol. The molecule has 0 bridgehead atoms. The molecule has 1 amide bonds. The van der Waals surface area contributed by atoms with Crippen LogP contribution in [0.5, 0.6) is 5.75 Å². The van der Waals surface area contributed by atoms with E-state index in [-0.39, 0.29) is 5.91 Å². The summed E-state index contributed by atoms with van der Waals surface area (Å²) in [6, 6.07) is 23.3. The molecule has 6 heteroatoms. The molecular weight excluding hydrogens is 400 g/mol. The van der Waals surface area contributed by atoms with Crippen molar-refractivity contribution >= 4 is 12.0 Å². The van der Waals surface area contributed by atoms with E-state index < -0.39 is 0 Å². The van der Waals surface area contributed by atoms with Crippen LogP contribution in [0.25, 0.3) is 6.08 Å². The quantitative estimate of drug-likeness (QED) is 0.408. The maximum absolute atomic E-state index is 12.3. The Morgan fingerprint density at radius 3 is 2.50 bits per heavy atom. The molecule has 2 aromatic carbocycles. The van der Waals surface area contributed by atoms with Gasteiger partial charge in [-0.2, -0.15) is 5.10 Å². The Kier molecular flexibility index (Phi) is 7.06. The molecule has 4 rings (SSSR count). The maximum atomic E-state index is 12.3. The Morgan fingerprint density at radius 2 is 1.75 bits per heavy atom. The van der Waals surface area contributed by atoms with Gasteiger partial charge in [0.1, 0.15) is 12.4 Å². The number of pyridine rings is 1. The van der Waals surface area contributed by atoms with Gasteiger partial charge in [0, 0.05) is 31.2 Å². The number of nitrogens with zero attached hydrogens (tertiary/aromatic N) is 3. The Bertz CT molecular complexity index is 1150. The van der Waals surface area contributed by atoms with Gasteiger partial charge < -0.3 is 10.1 Å². The number of nitrogens with one attached hydrogen (secondary N) is 1. The minimum atomic E-state index is -0.144. The first-order valence-electron chi connectivity index (χ1n) is 10.4. The van der Waals surface area contributed by atoms with Gasteiger partial charge in [0.25, 0.3) is 0 Å². The molecule has 0 atom stereocenters. The summed E-state index contributed by atoms with van der Waals surface area (Å²) in [6.45, 7) is 1.55. The molecule has 0 aliphatic heterocycles. The maximum Gasteiger partial charge on any atom is 0.244 e. The minimum Gasteiger partial charge on any atom is -0.487 e. The molecule has 0 saturated carbocycles. The van der Waals surface area contributed by atoms with Gasteiger partial charge in [-0.25, -0.2) is 0 Å². The smallest absolute Gasteiger partial charge is 0.244 e. The average Bonchev–Trinajstić information content (AvgIpc) is 3.35. The molecule has 0 spiro atoms. The van der Waals surface area contributed by atoms with E-state index in [1.165, 1.54) is 0 Å². The Balaban J connectivity index is 1.27. The lowest BCUT2D eigenvalue weighted by Gasteiger charge is -2.10. The van der Waals surface area contributed by atoms with Crippen molar-refractivity contribution in [2.75, 3.05) is 0 Å². The summed E-state index contributed by atoms with van der Waals surface area (Å²) in [5.74, 6) is 0.611. The van der Waals surface area contributed by atoms with E-state index in [1.807, 2.05) is 77.6 Å². The van der Waals surface area contributed by atoms with E-state index in [9.17, 15) is 4.79 Å². The molecule has 0 fully saturated rings. The number of hydrogen-bond donors (Lipinski definition) is 1. The third-order valence-corrected chi connectivity index (χ3v) is 4.88. The molecule has 2 heterocycles. The van der Waals surface area contributed by atoms with E-state index in [2.05, 4.69) is 21.5 Å². The SMILES string of the molecule is O=C(/C=C/c1ccc(OCc2ccccn2)cc1)NCc1ccccc1Cn1cccn1. The van der Waals surface area contributed by atoms with E-state index in [0.29, 0.717) is 19.7 Å². The van der Waals surface area contributed by atoms with Crippen LogP contribution in [0.3, 0.4) is 0 Å². The van der Waals surface area contributed by atoms with Gasteiger partial charge in [-0.1, -0.05) is 42.5 Å². The van der Waals surface area contributed by atoms with E-state index in [4.69, 9.17) is 4.74 Å². The lowest BCUT2D eigenvalue weighted by Crippen LogP contribution is -2.21. The first-order valence-corrected chi connectivity index (χ1v) is 10.4. The summed E-state index contributed by atoms with van der Waals surface area (Å²) in [6.07, 6.45) is 8.75. The van der Waals surface area contributed by atoms with Gasteiger partial charge in [0.05, 0.1) is 12.2 Å². The van der Waals surface area contributed by atoms with E-state index in [1.54, 1.807) is 24.5 Å². The molecule has 0 saturated heterocycles. The number of hydrogen-bond acceptors (Lipinski definition) is 4. The molecule has 32 heavy (non-hydrogen) atoms. The number of ether oxygens (including phenoxy) is 1. The standard InChI is InChI=1S/C26H24N4O2/c31-26(28-18-22-6-1-2-7-23(22)19-30-17-5-16-29-30)14-11-21-9-12-25(13-10-21)32-20-24-8-3-4-15-27-24/h1-17H,18-20H2,(H,28,31)/b14-11+. The van der Waals surface area contributed by atoms with Crippen molar-refractivity contribution in [2.45, 2.75) is 19.7 Å². The summed E-state index contributed by atoms with van der Waals surface area (Å²) in [4.78, 5) is 16.5. The highest BCUT2D eigenvalue weighted by atomic mass is 16.5. The van der Waals surface area contributed by atoms with Crippen LogP contribution in [0, 0.1) is 0 Å². The van der Waals surface area contributed by atoms with Gasteiger partial charge in [-0.3, -0.25) is 14.5 Å². The van der Waals surface area contributed by atoms with Crippen molar-refractivity contribution in [2.24, 2.45) is 0 Å². The normalized spacial score (nSPS) is 10.9. The van der Waals surface area contributed by atoms with Crippen LogP contribution < -0.4 is 10.1 Å². The van der Waals surface area contributed by atoms with Crippen molar-refractivity contribution < 1.29 is 9.53 Å². The lowest BCUT2D eigenvalue weighted by atomic mass is 10.1. The number of carbonyl (C=O) groups is 1. The molecule has 0 aliphatic rings. The second-order valence-corrected chi connectivity index (χ2v) is 7.20. The summed E-state index contributed by atoms with van der Waals surface area (Å²) in [7, 11) is 0. The largest absolute Gasteiger partial charge is 0.487 e. The molecular formula is C26H24N4O2. The fourth-order valence-corrected chi connectivity index (χ4v) is 3.18. The van der Waals surface area contributed by atoms with Crippen LogP contribution in [0.1, 0.15) is 22.4 Å². The summed E-state index contributed by atoms with van der Waals surface area (Å²) in [5.41, 5.74) is 3.99. The van der Waals surface area contributed by atoms with Crippen molar-refractivity contribution in [1.82, 2.24) is 20.1 Å². The number of rotatable bonds is 9. The molecule has 0 unspecified atom stereocenters. The van der Waals surface area contributed by atoms with Gasteiger partial charge >= 0.3 is 0 Å². The Labute approximate surface area is 187 Å². The van der Waals surface area contributed by atoms with Gasteiger partial charge in [0.15, 0.2) is 0 Å². The second-order valence-electron chi connectivity index (χ2n) is 7.20. The lowest BCUT2D eigenvalue weighted by molar-refractivity contribution is -0.116. The summed E-state index contributed by atoms with van der Waals surface area (Å²) in [5, 5.41) is 7.20. The molecule has 160 valence electrons. The monoisotopic (exact) mass is 424 g/mol. The number of aromatic nitrogens is 3. The van der Waals surface area contributed by atoms with Crippen LogP contribution in [-0.2, 0) is 24.5 Å². The predicted molar refractivity (Wildman–Crippen MR) is 124 cm³/mol. The zero-order valence-corrected chi connectivity index (χ0v) is 17.6. The summed E-state index contributed by atoms with van der Waals surface area (Å²) < 4.78 is 7.60. The van der Waals surface area contributed by atoms with E-state index in [0.717, 1.165) is 28.1 Å². The van der Waals surface area contributed by atoms with Crippen LogP contribution in [0.4, 0.5) is 0 Å².